The smallest absolute Gasteiger partial charge is 0.178 e. The first kappa shape index (κ1) is 11.6. The van der Waals surface area contributed by atoms with Gasteiger partial charge in [0.2, 0.25) is 0 Å². The summed E-state index contributed by atoms with van der Waals surface area (Å²) in [5.41, 5.74) is 0. The minimum atomic E-state index is -3.09. The van der Waals surface area contributed by atoms with Crippen molar-refractivity contribution in [3.8, 4) is 0 Å². The van der Waals surface area contributed by atoms with Gasteiger partial charge in [-0.2, -0.15) is 0 Å². The summed E-state index contributed by atoms with van der Waals surface area (Å²) < 4.78 is 24.2. The molecule has 0 unspecified atom stereocenters. The van der Waals surface area contributed by atoms with Gasteiger partial charge in [0, 0.05) is 0 Å². The Morgan fingerprint density at radius 3 is 2.38 bits per heavy atom. The summed E-state index contributed by atoms with van der Waals surface area (Å²) in [6.45, 7) is 1.88. The molecule has 4 heteroatoms. The lowest BCUT2D eigenvalue weighted by molar-refractivity contribution is 0.401. The SMILES string of the molecule is O=S(=O)(CC1CCNCC1)c1ccccc1. The summed E-state index contributed by atoms with van der Waals surface area (Å²) in [6, 6.07) is 8.74. The predicted octanol–water partition coefficient (Wildman–Crippen LogP) is 1.46. The van der Waals surface area contributed by atoms with Gasteiger partial charge < -0.3 is 5.32 Å². The maximum atomic E-state index is 12.1. The zero-order valence-corrected chi connectivity index (χ0v) is 10.0. The molecule has 88 valence electrons. The molecule has 0 bridgehead atoms. The summed E-state index contributed by atoms with van der Waals surface area (Å²) in [5, 5.41) is 3.25. The van der Waals surface area contributed by atoms with Crippen molar-refractivity contribution in [1.29, 1.82) is 0 Å². The highest BCUT2D eigenvalue weighted by Gasteiger charge is 2.22. The van der Waals surface area contributed by atoms with E-state index >= 15 is 0 Å². The number of hydrogen-bond donors (Lipinski definition) is 1. The molecule has 1 heterocycles. The molecular formula is C12H17NO2S. The Kier molecular flexibility index (Phi) is 3.61. The Labute approximate surface area is 96.8 Å². The van der Waals surface area contributed by atoms with Crippen molar-refractivity contribution in [2.75, 3.05) is 18.8 Å². The number of benzene rings is 1. The number of sulfone groups is 1. The molecule has 1 aliphatic rings. The van der Waals surface area contributed by atoms with Crippen LogP contribution in [0.25, 0.3) is 0 Å². The topological polar surface area (TPSA) is 46.2 Å². The Bertz CT molecular complexity index is 422. The fourth-order valence-electron chi connectivity index (χ4n) is 2.08. The normalized spacial score (nSPS) is 18.5. The van der Waals surface area contributed by atoms with E-state index in [-0.39, 0.29) is 0 Å². The lowest BCUT2D eigenvalue weighted by Crippen LogP contribution is -2.31. The summed E-state index contributed by atoms with van der Waals surface area (Å²) in [6.07, 6.45) is 1.93. The molecule has 0 aliphatic carbocycles. The Morgan fingerprint density at radius 1 is 1.12 bits per heavy atom. The van der Waals surface area contributed by atoms with E-state index < -0.39 is 9.84 Å². The largest absolute Gasteiger partial charge is 0.317 e. The van der Waals surface area contributed by atoms with Crippen LogP contribution in [-0.2, 0) is 9.84 Å². The second-order valence-electron chi connectivity index (χ2n) is 4.29. The quantitative estimate of drug-likeness (QED) is 0.868. The fourth-order valence-corrected chi connectivity index (χ4v) is 3.80. The number of piperidine rings is 1. The molecule has 1 N–H and O–H groups in total. The minimum Gasteiger partial charge on any atom is -0.317 e. The average Bonchev–Trinajstić information content (AvgIpc) is 2.31. The van der Waals surface area contributed by atoms with Crippen LogP contribution in [-0.4, -0.2) is 27.3 Å². The molecule has 1 aliphatic heterocycles. The second kappa shape index (κ2) is 4.97. The monoisotopic (exact) mass is 239 g/mol. The van der Waals surface area contributed by atoms with Crippen molar-refractivity contribution >= 4 is 9.84 Å². The van der Waals surface area contributed by atoms with Gasteiger partial charge >= 0.3 is 0 Å². The van der Waals surface area contributed by atoms with Crippen LogP contribution in [0.1, 0.15) is 12.8 Å². The molecule has 1 fully saturated rings. The van der Waals surface area contributed by atoms with E-state index in [9.17, 15) is 8.42 Å². The van der Waals surface area contributed by atoms with Crippen LogP contribution >= 0.6 is 0 Å². The van der Waals surface area contributed by atoms with Crippen LogP contribution in [0, 0.1) is 5.92 Å². The van der Waals surface area contributed by atoms with E-state index in [4.69, 9.17) is 0 Å². The summed E-state index contributed by atoms with van der Waals surface area (Å²) in [7, 11) is -3.09. The molecule has 16 heavy (non-hydrogen) atoms. The molecular weight excluding hydrogens is 222 g/mol. The van der Waals surface area contributed by atoms with Crippen LogP contribution in [0.2, 0.25) is 0 Å². The van der Waals surface area contributed by atoms with E-state index in [1.807, 2.05) is 6.07 Å². The van der Waals surface area contributed by atoms with Gasteiger partial charge in [-0.15, -0.1) is 0 Å². The lowest BCUT2D eigenvalue weighted by Gasteiger charge is -2.22. The molecule has 0 atom stereocenters. The number of rotatable bonds is 3. The van der Waals surface area contributed by atoms with Crippen molar-refractivity contribution in [2.24, 2.45) is 5.92 Å². The van der Waals surface area contributed by atoms with Gasteiger partial charge in [0.25, 0.3) is 0 Å². The predicted molar refractivity (Wildman–Crippen MR) is 64.1 cm³/mol. The maximum Gasteiger partial charge on any atom is 0.178 e. The zero-order valence-electron chi connectivity index (χ0n) is 9.22. The van der Waals surface area contributed by atoms with Crippen molar-refractivity contribution in [2.45, 2.75) is 17.7 Å². The third kappa shape index (κ3) is 2.83. The molecule has 2 rings (SSSR count). The average molecular weight is 239 g/mol. The van der Waals surface area contributed by atoms with Gasteiger partial charge in [-0.1, -0.05) is 18.2 Å². The first-order chi connectivity index (χ1) is 7.68. The van der Waals surface area contributed by atoms with E-state index in [1.54, 1.807) is 24.3 Å². The first-order valence-corrected chi connectivity index (χ1v) is 7.32. The zero-order chi connectivity index (χ0) is 11.4. The van der Waals surface area contributed by atoms with Gasteiger partial charge in [0.1, 0.15) is 0 Å². The molecule has 0 aromatic heterocycles. The Balaban J connectivity index is 2.08. The molecule has 1 saturated heterocycles. The summed E-state index contributed by atoms with van der Waals surface area (Å²) >= 11 is 0. The fraction of sp³-hybridized carbons (Fsp3) is 0.500. The van der Waals surface area contributed by atoms with Crippen molar-refractivity contribution < 1.29 is 8.42 Å². The van der Waals surface area contributed by atoms with E-state index in [0.717, 1.165) is 25.9 Å². The summed E-state index contributed by atoms with van der Waals surface area (Å²) in [4.78, 5) is 0.452. The van der Waals surface area contributed by atoms with Gasteiger partial charge in [0.15, 0.2) is 9.84 Å². The molecule has 1 aromatic rings. The van der Waals surface area contributed by atoms with Crippen molar-refractivity contribution in [3.63, 3.8) is 0 Å². The molecule has 0 spiro atoms. The Hall–Kier alpha value is -0.870. The molecule has 3 nitrogen and oxygen atoms in total. The van der Waals surface area contributed by atoms with E-state index in [0.29, 0.717) is 16.6 Å². The van der Waals surface area contributed by atoms with Crippen LogP contribution in [0.5, 0.6) is 0 Å². The van der Waals surface area contributed by atoms with Crippen LogP contribution in [0.15, 0.2) is 35.2 Å². The maximum absolute atomic E-state index is 12.1. The first-order valence-electron chi connectivity index (χ1n) is 5.67. The Morgan fingerprint density at radius 2 is 1.75 bits per heavy atom. The third-order valence-corrected chi connectivity index (χ3v) is 4.92. The van der Waals surface area contributed by atoms with Gasteiger partial charge in [-0.05, 0) is 44.0 Å². The molecule has 0 amide bonds. The lowest BCUT2D eigenvalue weighted by atomic mass is 10.0. The van der Waals surface area contributed by atoms with Gasteiger partial charge in [-0.3, -0.25) is 0 Å². The van der Waals surface area contributed by atoms with Crippen LogP contribution < -0.4 is 5.32 Å². The third-order valence-electron chi connectivity index (χ3n) is 3.02. The van der Waals surface area contributed by atoms with Crippen LogP contribution in [0.4, 0.5) is 0 Å². The van der Waals surface area contributed by atoms with Crippen molar-refractivity contribution in [3.05, 3.63) is 30.3 Å². The summed E-state index contributed by atoms with van der Waals surface area (Å²) in [5.74, 6) is 0.602. The molecule has 0 saturated carbocycles. The highest BCUT2D eigenvalue weighted by atomic mass is 32.2. The van der Waals surface area contributed by atoms with Crippen molar-refractivity contribution in [1.82, 2.24) is 5.32 Å². The van der Waals surface area contributed by atoms with E-state index in [1.165, 1.54) is 0 Å². The van der Waals surface area contributed by atoms with Gasteiger partial charge in [-0.25, -0.2) is 8.42 Å². The standard InChI is InChI=1S/C12H17NO2S/c14-16(15,12-4-2-1-3-5-12)10-11-6-8-13-9-7-11/h1-5,11,13H,6-10H2. The second-order valence-corrected chi connectivity index (χ2v) is 6.32. The molecule has 1 aromatic carbocycles. The highest BCUT2D eigenvalue weighted by Crippen LogP contribution is 2.19. The minimum absolute atomic E-state index is 0.290. The van der Waals surface area contributed by atoms with Gasteiger partial charge in [0.05, 0.1) is 10.6 Å². The molecule has 0 radical (unpaired) electrons. The number of hydrogen-bond acceptors (Lipinski definition) is 3. The number of nitrogens with one attached hydrogen (secondary N) is 1. The van der Waals surface area contributed by atoms with Crippen LogP contribution in [0.3, 0.4) is 0 Å². The highest BCUT2D eigenvalue weighted by molar-refractivity contribution is 7.91. The van der Waals surface area contributed by atoms with E-state index in [2.05, 4.69) is 5.32 Å².